The highest BCUT2D eigenvalue weighted by molar-refractivity contribution is 7.92. The number of sulfone groups is 1. The van der Waals surface area contributed by atoms with E-state index in [1.807, 2.05) is 0 Å². The topological polar surface area (TPSA) is 46.2 Å². The molecule has 1 aliphatic heterocycles. The number of hydrogen-bond acceptors (Lipinski definition) is 3. The maximum atomic E-state index is 14.0. The smallest absolute Gasteiger partial charge is 0.155 e. The van der Waals surface area contributed by atoms with Gasteiger partial charge >= 0.3 is 0 Å². The molecule has 112 valence electrons. The average molecular weight is 299 g/mol. The van der Waals surface area contributed by atoms with Crippen LogP contribution in [0, 0.1) is 5.82 Å². The second kappa shape index (κ2) is 5.11. The van der Waals surface area contributed by atoms with Crippen LogP contribution in [-0.2, 0) is 15.3 Å². The number of benzene rings is 1. The van der Waals surface area contributed by atoms with E-state index in [1.54, 1.807) is 39.0 Å². The molecule has 0 spiro atoms. The first kappa shape index (κ1) is 15.4. The van der Waals surface area contributed by atoms with E-state index in [-0.39, 0.29) is 17.0 Å². The number of rotatable bonds is 4. The van der Waals surface area contributed by atoms with Crippen molar-refractivity contribution >= 4 is 9.84 Å². The lowest BCUT2D eigenvalue weighted by molar-refractivity contribution is 0.259. The molecular formula is C15H22FNO2S. The lowest BCUT2D eigenvalue weighted by Gasteiger charge is -2.43. The van der Waals surface area contributed by atoms with Gasteiger partial charge in [0, 0.05) is 18.5 Å². The van der Waals surface area contributed by atoms with Crippen molar-refractivity contribution in [1.29, 1.82) is 0 Å². The molecule has 0 atom stereocenters. The zero-order valence-electron chi connectivity index (χ0n) is 12.2. The van der Waals surface area contributed by atoms with E-state index in [4.69, 9.17) is 0 Å². The van der Waals surface area contributed by atoms with E-state index >= 15 is 0 Å². The third-order valence-electron chi connectivity index (χ3n) is 4.15. The van der Waals surface area contributed by atoms with Crippen LogP contribution in [0.4, 0.5) is 4.39 Å². The summed E-state index contributed by atoms with van der Waals surface area (Å²) in [4.78, 5) is 0. The highest BCUT2D eigenvalue weighted by Gasteiger charge is 2.42. The van der Waals surface area contributed by atoms with Gasteiger partial charge in [-0.2, -0.15) is 0 Å². The summed E-state index contributed by atoms with van der Waals surface area (Å²) < 4.78 is 37.7. The zero-order chi connectivity index (χ0) is 15.0. The van der Waals surface area contributed by atoms with Crippen molar-refractivity contribution in [1.82, 2.24) is 5.32 Å². The Morgan fingerprint density at radius 1 is 1.25 bits per heavy atom. The Morgan fingerprint density at radius 3 is 2.30 bits per heavy atom. The summed E-state index contributed by atoms with van der Waals surface area (Å²) in [6, 6.07) is 6.66. The van der Waals surface area contributed by atoms with E-state index in [9.17, 15) is 12.8 Å². The molecule has 0 aliphatic carbocycles. The van der Waals surface area contributed by atoms with Crippen LogP contribution in [0.1, 0.15) is 32.8 Å². The molecule has 1 N–H and O–H groups in total. The van der Waals surface area contributed by atoms with Crippen LogP contribution in [0.25, 0.3) is 0 Å². The fraction of sp³-hybridized carbons (Fsp3) is 0.600. The van der Waals surface area contributed by atoms with E-state index < -0.39 is 14.6 Å². The van der Waals surface area contributed by atoms with Crippen LogP contribution in [0.3, 0.4) is 0 Å². The molecule has 1 aromatic carbocycles. The van der Waals surface area contributed by atoms with Gasteiger partial charge in [-0.3, -0.25) is 0 Å². The van der Waals surface area contributed by atoms with Crippen molar-refractivity contribution in [3.05, 3.63) is 35.6 Å². The highest BCUT2D eigenvalue weighted by Crippen LogP contribution is 2.35. The summed E-state index contributed by atoms with van der Waals surface area (Å²) in [5.41, 5.74) is 0.242. The number of hydrogen-bond donors (Lipinski definition) is 1. The van der Waals surface area contributed by atoms with E-state index in [1.165, 1.54) is 6.07 Å². The molecule has 0 aromatic heterocycles. The van der Waals surface area contributed by atoms with E-state index in [0.717, 1.165) is 0 Å². The Labute approximate surface area is 120 Å². The Morgan fingerprint density at radius 2 is 1.85 bits per heavy atom. The first-order valence-electron chi connectivity index (χ1n) is 6.86. The summed E-state index contributed by atoms with van der Waals surface area (Å²) in [7, 11) is -3.18. The molecule has 1 fully saturated rings. The first-order chi connectivity index (χ1) is 9.18. The van der Waals surface area contributed by atoms with E-state index in [0.29, 0.717) is 25.1 Å². The Kier molecular flexibility index (Phi) is 3.95. The second-order valence-corrected chi connectivity index (χ2v) is 9.41. The van der Waals surface area contributed by atoms with Gasteiger partial charge in [0.15, 0.2) is 9.84 Å². The van der Waals surface area contributed by atoms with Gasteiger partial charge < -0.3 is 5.32 Å². The van der Waals surface area contributed by atoms with Crippen LogP contribution >= 0.6 is 0 Å². The average Bonchev–Trinajstić information content (AvgIpc) is 2.28. The van der Waals surface area contributed by atoms with Crippen molar-refractivity contribution < 1.29 is 12.8 Å². The molecule has 2 rings (SSSR count). The highest BCUT2D eigenvalue weighted by atomic mass is 32.2. The summed E-state index contributed by atoms with van der Waals surface area (Å²) in [6.07, 6.45) is 0.459. The van der Waals surface area contributed by atoms with Crippen molar-refractivity contribution in [2.75, 3.05) is 18.8 Å². The number of nitrogens with one attached hydrogen (secondary N) is 1. The van der Waals surface area contributed by atoms with Gasteiger partial charge in [0.1, 0.15) is 5.82 Å². The fourth-order valence-corrected chi connectivity index (χ4v) is 3.73. The normalized spacial score (nSPS) is 18.6. The minimum Gasteiger partial charge on any atom is -0.315 e. The fourth-order valence-electron chi connectivity index (χ4n) is 2.46. The van der Waals surface area contributed by atoms with Crippen molar-refractivity contribution in [2.24, 2.45) is 0 Å². The predicted molar refractivity (Wildman–Crippen MR) is 79.1 cm³/mol. The molecule has 0 radical (unpaired) electrons. The molecule has 0 unspecified atom stereocenters. The maximum Gasteiger partial charge on any atom is 0.155 e. The largest absolute Gasteiger partial charge is 0.315 e. The summed E-state index contributed by atoms with van der Waals surface area (Å²) in [6.45, 7) is 6.38. The summed E-state index contributed by atoms with van der Waals surface area (Å²) >= 11 is 0. The van der Waals surface area contributed by atoms with Gasteiger partial charge in [-0.1, -0.05) is 18.2 Å². The summed E-state index contributed by atoms with van der Waals surface area (Å²) in [5, 5.41) is 3.14. The van der Waals surface area contributed by atoms with Gasteiger partial charge in [0.2, 0.25) is 0 Å². The monoisotopic (exact) mass is 299 g/mol. The van der Waals surface area contributed by atoms with Crippen LogP contribution in [-0.4, -0.2) is 32.0 Å². The molecule has 1 aliphatic rings. The predicted octanol–water partition coefficient (Wildman–Crippen LogP) is 2.27. The van der Waals surface area contributed by atoms with E-state index in [2.05, 4.69) is 5.32 Å². The second-order valence-electron chi connectivity index (χ2n) is 6.54. The lowest BCUT2D eigenvalue weighted by atomic mass is 9.73. The van der Waals surface area contributed by atoms with Gasteiger partial charge in [0.05, 0.1) is 10.5 Å². The SMILES string of the molecule is CC(C)(C)S(=O)(=O)CCC1(c2ccccc2F)CNC1. The molecule has 0 saturated carbocycles. The quantitative estimate of drug-likeness (QED) is 0.927. The molecule has 1 heterocycles. The van der Waals surface area contributed by atoms with Crippen LogP contribution in [0.2, 0.25) is 0 Å². The number of halogens is 1. The van der Waals surface area contributed by atoms with Crippen molar-refractivity contribution in [3.63, 3.8) is 0 Å². The van der Waals surface area contributed by atoms with Crippen LogP contribution < -0.4 is 5.32 Å². The Hall–Kier alpha value is -0.940. The van der Waals surface area contributed by atoms with Crippen LogP contribution in [0.15, 0.2) is 24.3 Å². The van der Waals surface area contributed by atoms with Crippen molar-refractivity contribution in [2.45, 2.75) is 37.4 Å². The van der Waals surface area contributed by atoms with Gasteiger partial charge in [-0.05, 0) is 38.8 Å². The standard InChI is InChI=1S/C15H22FNO2S/c1-14(2,3)20(18,19)9-8-15(10-17-11-15)12-6-4-5-7-13(12)16/h4-7,17H,8-11H2,1-3H3. The molecule has 0 amide bonds. The minimum absolute atomic E-state index is 0.0898. The van der Waals surface area contributed by atoms with Gasteiger partial charge in [0.25, 0.3) is 0 Å². The third-order valence-corrected chi connectivity index (χ3v) is 6.76. The third kappa shape index (κ3) is 2.74. The van der Waals surface area contributed by atoms with Crippen LogP contribution in [0.5, 0.6) is 0 Å². The molecule has 0 bridgehead atoms. The minimum atomic E-state index is -3.18. The first-order valence-corrected chi connectivity index (χ1v) is 8.51. The molecular weight excluding hydrogens is 277 g/mol. The van der Waals surface area contributed by atoms with Gasteiger partial charge in [-0.15, -0.1) is 0 Å². The zero-order valence-corrected chi connectivity index (χ0v) is 13.1. The molecule has 5 heteroatoms. The molecule has 1 aromatic rings. The molecule has 3 nitrogen and oxygen atoms in total. The maximum absolute atomic E-state index is 14.0. The Bertz CT molecular complexity index is 586. The summed E-state index contributed by atoms with van der Waals surface area (Å²) in [5.74, 6) is -0.158. The molecule has 1 saturated heterocycles. The lowest BCUT2D eigenvalue weighted by Crippen LogP contribution is -2.58. The van der Waals surface area contributed by atoms with Crippen molar-refractivity contribution in [3.8, 4) is 0 Å². The molecule has 20 heavy (non-hydrogen) atoms. The Balaban J connectivity index is 2.21. The van der Waals surface area contributed by atoms with Gasteiger partial charge in [-0.25, -0.2) is 12.8 Å².